The number of carbonyl (C=O) groups excluding carboxylic acids is 1. The van der Waals surface area contributed by atoms with Gasteiger partial charge in [0.1, 0.15) is 0 Å². The summed E-state index contributed by atoms with van der Waals surface area (Å²) in [5, 5.41) is 12.0. The van der Waals surface area contributed by atoms with Crippen molar-refractivity contribution >= 4 is 5.97 Å². The van der Waals surface area contributed by atoms with Gasteiger partial charge in [-0.25, -0.2) is 0 Å². The van der Waals surface area contributed by atoms with Gasteiger partial charge in [0.15, 0.2) is 0 Å². The number of methoxy groups -OCH3 is 1. The van der Waals surface area contributed by atoms with Gasteiger partial charge in [-0.15, -0.1) is 0 Å². The van der Waals surface area contributed by atoms with Gasteiger partial charge in [0.2, 0.25) is 0 Å². The lowest BCUT2D eigenvalue weighted by atomic mass is 10.1. The molecule has 0 fully saturated rings. The molecule has 0 aromatic heterocycles. The molecule has 0 amide bonds. The van der Waals surface area contributed by atoms with Crippen molar-refractivity contribution in [2.75, 3.05) is 13.7 Å². The van der Waals surface area contributed by atoms with Crippen molar-refractivity contribution in [2.45, 2.75) is 25.8 Å². The Morgan fingerprint density at radius 1 is 1.44 bits per heavy atom. The standard InChI is InChI=1S/C14H18N2O2/c1-11(16-9-3-4-14(17)18-2)13-7-5-12(10-15)6-8-13/h5-8,11,16H,3-4,9H2,1-2H3. The number of carbonyl (C=O) groups is 1. The third-order valence-electron chi connectivity index (χ3n) is 2.78. The first kappa shape index (κ1) is 14.2. The van der Waals surface area contributed by atoms with Crippen LogP contribution in [-0.2, 0) is 9.53 Å². The van der Waals surface area contributed by atoms with Crippen LogP contribution in [-0.4, -0.2) is 19.6 Å². The van der Waals surface area contributed by atoms with Crippen LogP contribution in [0.5, 0.6) is 0 Å². The lowest BCUT2D eigenvalue weighted by molar-refractivity contribution is -0.140. The highest BCUT2D eigenvalue weighted by atomic mass is 16.5. The molecule has 0 aliphatic rings. The molecule has 96 valence electrons. The van der Waals surface area contributed by atoms with Crippen LogP contribution in [0, 0.1) is 11.3 Å². The Bertz CT molecular complexity index is 420. The van der Waals surface area contributed by atoms with Crippen LogP contribution in [0.1, 0.15) is 36.9 Å². The molecule has 0 saturated carbocycles. The number of ether oxygens (including phenoxy) is 1. The highest BCUT2D eigenvalue weighted by molar-refractivity contribution is 5.69. The fraction of sp³-hybridized carbons (Fsp3) is 0.429. The van der Waals surface area contributed by atoms with Gasteiger partial charge in [-0.3, -0.25) is 4.79 Å². The summed E-state index contributed by atoms with van der Waals surface area (Å²) >= 11 is 0. The van der Waals surface area contributed by atoms with Crippen LogP contribution in [0.25, 0.3) is 0 Å². The average molecular weight is 246 g/mol. The maximum atomic E-state index is 10.9. The molecule has 18 heavy (non-hydrogen) atoms. The second kappa shape index (κ2) is 7.46. The first-order valence-electron chi connectivity index (χ1n) is 5.97. The van der Waals surface area contributed by atoms with Gasteiger partial charge in [0.05, 0.1) is 18.7 Å². The SMILES string of the molecule is COC(=O)CCCNC(C)c1ccc(C#N)cc1. The summed E-state index contributed by atoms with van der Waals surface area (Å²) in [5.41, 5.74) is 1.80. The number of nitrogens with one attached hydrogen (secondary N) is 1. The maximum absolute atomic E-state index is 10.9. The summed E-state index contributed by atoms with van der Waals surface area (Å²) in [6.45, 7) is 2.82. The summed E-state index contributed by atoms with van der Waals surface area (Å²) in [6, 6.07) is 9.79. The molecule has 4 nitrogen and oxygen atoms in total. The summed E-state index contributed by atoms with van der Waals surface area (Å²) in [4.78, 5) is 10.9. The van der Waals surface area contributed by atoms with E-state index in [0.29, 0.717) is 12.0 Å². The molecule has 4 heteroatoms. The minimum absolute atomic E-state index is 0.178. The Morgan fingerprint density at radius 2 is 2.11 bits per heavy atom. The number of hydrogen-bond acceptors (Lipinski definition) is 4. The lowest BCUT2D eigenvalue weighted by Crippen LogP contribution is -2.20. The molecule has 1 rings (SSSR count). The molecule has 0 heterocycles. The van der Waals surface area contributed by atoms with Crippen molar-refractivity contribution in [1.29, 1.82) is 5.26 Å². The third-order valence-corrected chi connectivity index (χ3v) is 2.78. The minimum Gasteiger partial charge on any atom is -0.469 e. The number of hydrogen-bond donors (Lipinski definition) is 1. The van der Waals surface area contributed by atoms with E-state index in [1.807, 2.05) is 24.3 Å². The van der Waals surface area contributed by atoms with Gasteiger partial charge in [-0.1, -0.05) is 12.1 Å². The van der Waals surface area contributed by atoms with Crippen molar-refractivity contribution in [3.8, 4) is 6.07 Å². The molecular weight excluding hydrogens is 228 g/mol. The molecule has 0 aliphatic carbocycles. The Morgan fingerprint density at radius 3 is 2.67 bits per heavy atom. The van der Waals surface area contributed by atoms with Crippen LogP contribution in [0.3, 0.4) is 0 Å². The predicted octanol–water partition coefficient (Wildman–Crippen LogP) is 2.16. The molecule has 1 unspecified atom stereocenters. The molecule has 0 bridgehead atoms. The van der Waals surface area contributed by atoms with E-state index in [2.05, 4.69) is 23.0 Å². The highest BCUT2D eigenvalue weighted by Gasteiger charge is 2.05. The summed E-state index contributed by atoms with van der Waals surface area (Å²) in [7, 11) is 1.40. The second-order valence-corrected chi connectivity index (χ2v) is 4.09. The van der Waals surface area contributed by atoms with Crippen LogP contribution in [0.2, 0.25) is 0 Å². The molecule has 1 N–H and O–H groups in total. The zero-order chi connectivity index (χ0) is 13.4. The van der Waals surface area contributed by atoms with Crippen LogP contribution < -0.4 is 5.32 Å². The van der Waals surface area contributed by atoms with Gasteiger partial charge < -0.3 is 10.1 Å². The first-order valence-corrected chi connectivity index (χ1v) is 5.97. The monoisotopic (exact) mass is 246 g/mol. The van der Waals surface area contributed by atoms with Crippen LogP contribution in [0.15, 0.2) is 24.3 Å². The largest absolute Gasteiger partial charge is 0.469 e. The van der Waals surface area contributed by atoms with E-state index >= 15 is 0 Å². The van der Waals surface area contributed by atoms with Crippen molar-refractivity contribution in [1.82, 2.24) is 5.32 Å². The molecule has 0 spiro atoms. The van der Waals surface area contributed by atoms with E-state index in [4.69, 9.17) is 5.26 Å². The maximum Gasteiger partial charge on any atom is 0.305 e. The normalized spacial score (nSPS) is 11.6. The van der Waals surface area contributed by atoms with Crippen molar-refractivity contribution in [2.24, 2.45) is 0 Å². The molecule has 1 atom stereocenters. The zero-order valence-corrected chi connectivity index (χ0v) is 10.8. The third kappa shape index (κ3) is 4.56. The second-order valence-electron chi connectivity index (χ2n) is 4.09. The minimum atomic E-state index is -0.178. The number of rotatable bonds is 6. The van der Waals surface area contributed by atoms with Crippen molar-refractivity contribution in [3.63, 3.8) is 0 Å². The summed E-state index contributed by atoms with van der Waals surface area (Å²) in [5.74, 6) is -0.178. The smallest absolute Gasteiger partial charge is 0.305 e. The molecule has 1 aromatic rings. The van der Waals surface area contributed by atoms with Crippen molar-refractivity contribution in [3.05, 3.63) is 35.4 Å². The first-order chi connectivity index (χ1) is 8.67. The number of esters is 1. The van der Waals surface area contributed by atoms with Gasteiger partial charge >= 0.3 is 5.97 Å². The number of nitrogens with zero attached hydrogens (tertiary/aromatic N) is 1. The van der Waals surface area contributed by atoms with Gasteiger partial charge in [0, 0.05) is 12.5 Å². The van der Waals surface area contributed by atoms with Gasteiger partial charge in [0.25, 0.3) is 0 Å². The average Bonchev–Trinajstić information content (AvgIpc) is 2.43. The van der Waals surface area contributed by atoms with E-state index in [1.54, 1.807) is 0 Å². The molecular formula is C14H18N2O2. The molecule has 0 aliphatic heterocycles. The lowest BCUT2D eigenvalue weighted by Gasteiger charge is -2.13. The summed E-state index contributed by atoms with van der Waals surface area (Å²) in [6.07, 6.45) is 1.19. The van der Waals surface area contributed by atoms with E-state index in [1.165, 1.54) is 7.11 Å². The highest BCUT2D eigenvalue weighted by Crippen LogP contribution is 2.12. The van der Waals surface area contributed by atoms with Gasteiger partial charge in [-0.05, 0) is 37.6 Å². The van der Waals surface area contributed by atoms with E-state index in [9.17, 15) is 4.79 Å². The van der Waals surface area contributed by atoms with E-state index in [0.717, 1.165) is 18.5 Å². The topological polar surface area (TPSA) is 62.1 Å². The Labute approximate surface area is 108 Å². The quantitative estimate of drug-likeness (QED) is 0.617. The molecule has 0 saturated heterocycles. The Hall–Kier alpha value is -1.86. The van der Waals surface area contributed by atoms with Crippen molar-refractivity contribution < 1.29 is 9.53 Å². The fourth-order valence-electron chi connectivity index (χ4n) is 1.62. The Balaban J connectivity index is 2.34. The van der Waals surface area contributed by atoms with E-state index in [-0.39, 0.29) is 12.0 Å². The summed E-state index contributed by atoms with van der Waals surface area (Å²) < 4.78 is 4.57. The molecule has 0 radical (unpaired) electrons. The molecule has 1 aromatic carbocycles. The predicted molar refractivity (Wildman–Crippen MR) is 68.8 cm³/mol. The van der Waals surface area contributed by atoms with Crippen LogP contribution >= 0.6 is 0 Å². The van der Waals surface area contributed by atoms with Crippen LogP contribution in [0.4, 0.5) is 0 Å². The van der Waals surface area contributed by atoms with E-state index < -0.39 is 0 Å². The van der Waals surface area contributed by atoms with Gasteiger partial charge in [-0.2, -0.15) is 5.26 Å². The zero-order valence-electron chi connectivity index (χ0n) is 10.8. The fourth-order valence-corrected chi connectivity index (χ4v) is 1.62. The number of nitriles is 1. The Kier molecular flexibility index (Phi) is 5.89. The number of benzene rings is 1.